The fraction of sp³-hybridized carbons (Fsp3) is 0.364. The van der Waals surface area contributed by atoms with Crippen molar-refractivity contribution in [3.8, 4) is 5.75 Å². The lowest BCUT2D eigenvalue weighted by Gasteiger charge is -2.24. The van der Waals surface area contributed by atoms with Gasteiger partial charge in [-0.15, -0.1) is 0 Å². The van der Waals surface area contributed by atoms with Crippen LogP contribution in [0.5, 0.6) is 5.75 Å². The minimum atomic E-state index is 0.136. The van der Waals surface area contributed by atoms with Crippen molar-refractivity contribution in [2.75, 3.05) is 31.2 Å². The number of anilines is 1. The number of hydrogen-bond acceptors (Lipinski definition) is 4. The molecule has 4 atom stereocenters. The zero-order valence-electron chi connectivity index (χ0n) is 14.9. The Bertz CT molecular complexity index is 749. The standard InChI is InChI=1S/C22H26N2O2/c1-2-11-26-18-10-6-7-16(12-18)22-20-14-24(17-8-4-3-5-9-17)13-19(20)21(15-25)23-22/h2-10,12,19-23,25H,1,11,13-15H2/t19-,20+,21-,22+/m1/s1. The summed E-state index contributed by atoms with van der Waals surface area (Å²) in [6.45, 7) is 6.37. The van der Waals surface area contributed by atoms with Gasteiger partial charge in [0.15, 0.2) is 0 Å². The number of ether oxygens (including phenoxy) is 1. The van der Waals surface area contributed by atoms with Crippen LogP contribution in [0.25, 0.3) is 0 Å². The van der Waals surface area contributed by atoms with Gasteiger partial charge in [-0.1, -0.05) is 43.0 Å². The molecule has 2 saturated heterocycles. The third kappa shape index (κ3) is 3.22. The van der Waals surface area contributed by atoms with Crippen LogP contribution in [0.2, 0.25) is 0 Å². The second kappa shape index (κ2) is 7.52. The largest absolute Gasteiger partial charge is 0.490 e. The Morgan fingerprint density at radius 3 is 2.69 bits per heavy atom. The minimum Gasteiger partial charge on any atom is -0.490 e. The fourth-order valence-electron chi connectivity index (χ4n) is 4.44. The quantitative estimate of drug-likeness (QED) is 0.786. The maximum atomic E-state index is 9.89. The highest BCUT2D eigenvalue weighted by molar-refractivity contribution is 5.48. The summed E-state index contributed by atoms with van der Waals surface area (Å²) in [6, 6.07) is 19.2. The highest BCUT2D eigenvalue weighted by atomic mass is 16.5. The third-order valence-corrected chi connectivity index (χ3v) is 5.65. The molecule has 0 unspecified atom stereocenters. The summed E-state index contributed by atoms with van der Waals surface area (Å²) in [6.07, 6.45) is 1.76. The molecule has 2 N–H and O–H groups in total. The van der Waals surface area contributed by atoms with E-state index in [1.54, 1.807) is 6.08 Å². The predicted molar refractivity (Wildman–Crippen MR) is 105 cm³/mol. The van der Waals surface area contributed by atoms with Crippen LogP contribution in [-0.4, -0.2) is 37.5 Å². The van der Waals surface area contributed by atoms with Crippen molar-refractivity contribution in [1.29, 1.82) is 0 Å². The second-order valence-electron chi connectivity index (χ2n) is 7.17. The Morgan fingerprint density at radius 2 is 1.92 bits per heavy atom. The number of nitrogens with zero attached hydrogens (tertiary/aromatic N) is 1. The molecule has 4 rings (SSSR count). The number of hydrogen-bond donors (Lipinski definition) is 2. The maximum Gasteiger partial charge on any atom is 0.120 e. The highest BCUT2D eigenvalue weighted by Crippen LogP contribution is 2.43. The zero-order valence-corrected chi connectivity index (χ0v) is 14.9. The molecular weight excluding hydrogens is 324 g/mol. The van der Waals surface area contributed by atoms with E-state index in [1.807, 2.05) is 12.1 Å². The molecule has 2 aromatic carbocycles. The molecule has 26 heavy (non-hydrogen) atoms. The summed E-state index contributed by atoms with van der Waals surface area (Å²) in [5.74, 6) is 1.79. The van der Waals surface area contributed by atoms with Crippen molar-refractivity contribution < 1.29 is 9.84 Å². The van der Waals surface area contributed by atoms with Crippen LogP contribution in [0.1, 0.15) is 11.6 Å². The summed E-state index contributed by atoms with van der Waals surface area (Å²) in [7, 11) is 0. The summed E-state index contributed by atoms with van der Waals surface area (Å²) in [5.41, 5.74) is 2.49. The lowest BCUT2D eigenvalue weighted by molar-refractivity contribution is 0.227. The van der Waals surface area contributed by atoms with Gasteiger partial charge in [0.25, 0.3) is 0 Å². The number of nitrogens with one attached hydrogen (secondary N) is 1. The molecule has 0 saturated carbocycles. The van der Waals surface area contributed by atoms with Crippen molar-refractivity contribution in [2.45, 2.75) is 12.1 Å². The molecule has 2 aliphatic rings. The van der Waals surface area contributed by atoms with Crippen LogP contribution < -0.4 is 15.0 Å². The van der Waals surface area contributed by atoms with E-state index < -0.39 is 0 Å². The Morgan fingerprint density at radius 1 is 1.12 bits per heavy atom. The molecule has 2 aromatic rings. The van der Waals surface area contributed by atoms with Crippen molar-refractivity contribution in [1.82, 2.24) is 5.32 Å². The average Bonchev–Trinajstić information content (AvgIpc) is 3.26. The van der Waals surface area contributed by atoms with Gasteiger partial charge in [0.05, 0.1) is 6.61 Å². The van der Waals surface area contributed by atoms with Crippen LogP contribution in [0.4, 0.5) is 5.69 Å². The SMILES string of the molecule is C=CCOc1cccc([C@@H]2N[C@H](CO)[C@@H]3CN(c4ccccc4)C[C@@H]32)c1. The predicted octanol–water partition coefficient (Wildman–Crippen LogP) is 3.01. The van der Waals surface area contributed by atoms with Gasteiger partial charge < -0.3 is 20.1 Å². The Kier molecular flexibility index (Phi) is 4.96. The van der Waals surface area contributed by atoms with E-state index in [9.17, 15) is 5.11 Å². The molecule has 4 nitrogen and oxygen atoms in total. The molecular formula is C22H26N2O2. The van der Waals surface area contributed by atoms with Crippen LogP contribution in [0, 0.1) is 11.8 Å². The molecule has 0 bridgehead atoms. The van der Waals surface area contributed by atoms with Crippen LogP contribution in [-0.2, 0) is 0 Å². The second-order valence-corrected chi connectivity index (χ2v) is 7.17. The first-order chi connectivity index (χ1) is 12.8. The van der Waals surface area contributed by atoms with E-state index in [0.29, 0.717) is 18.4 Å². The van der Waals surface area contributed by atoms with Crippen molar-refractivity contribution in [3.05, 3.63) is 72.8 Å². The number of aliphatic hydroxyl groups is 1. The number of para-hydroxylation sites is 1. The first-order valence-electron chi connectivity index (χ1n) is 9.30. The van der Waals surface area contributed by atoms with Gasteiger partial charge in [-0.25, -0.2) is 0 Å². The average molecular weight is 350 g/mol. The molecule has 0 aliphatic carbocycles. The normalized spacial score (nSPS) is 27.3. The molecule has 136 valence electrons. The third-order valence-electron chi connectivity index (χ3n) is 5.65. The molecule has 0 spiro atoms. The monoisotopic (exact) mass is 350 g/mol. The number of fused-ring (bicyclic) bond motifs is 1. The molecule has 0 amide bonds. The van der Waals surface area contributed by atoms with Crippen molar-refractivity contribution in [2.24, 2.45) is 11.8 Å². The molecule has 2 aliphatic heterocycles. The number of rotatable bonds is 6. The van der Waals surface area contributed by atoms with Gasteiger partial charge in [0, 0.05) is 42.7 Å². The summed E-state index contributed by atoms with van der Waals surface area (Å²) in [5, 5.41) is 13.6. The summed E-state index contributed by atoms with van der Waals surface area (Å²) >= 11 is 0. The van der Waals surface area contributed by atoms with Crippen LogP contribution in [0.3, 0.4) is 0 Å². The van der Waals surface area contributed by atoms with Gasteiger partial charge in [-0.05, 0) is 29.8 Å². The Balaban J connectivity index is 1.57. The minimum absolute atomic E-state index is 0.136. The van der Waals surface area contributed by atoms with Gasteiger partial charge in [0.1, 0.15) is 12.4 Å². The Labute approximate surface area is 155 Å². The smallest absolute Gasteiger partial charge is 0.120 e. The van der Waals surface area contributed by atoms with Crippen LogP contribution >= 0.6 is 0 Å². The van der Waals surface area contributed by atoms with Crippen molar-refractivity contribution in [3.63, 3.8) is 0 Å². The molecule has 2 fully saturated rings. The lowest BCUT2D eigenvalue weighted by Crippen LogP contribution is -2.36. The lowest BCUT2D eigenvalue weighted by atomic mass is 9.87. The Hall–Kier alpha value is -2.30. The summed E-state index contributed by atoms with van der Waals surface area (Å²) < 4.78 is 5.70. The van der Waals surface area contributed by atoms with E-state index in [2.05, 4.69) is 59.3 Å². The number of benzene rings is 2. The van der Waals surface area contributed by atoms with Crippen molar-refractivity contribution >= 4 is 5.69 Å². The zero-order chi connectivity index (χ0) is 17.9. The first-order valence-corrected chi connectivity index (χ1v) is 9.30. The topological polar surface area (TPSA) is 44.7 Å². The van der Waals surface area contributed by atoms with E-state index in [4.69, 9.17) is 4.74 Å². The first kappa shape index (κ1) is 17.1. The summed E-state index contributed by atoms with van der Waals surface area (Å²) in [4.78, 5) is 2.45. The number of aliphatic hydroxyl groups excluding tert-OH is 1. The van der Waals surface area contributed by atoms with E-state index in [1.165, 1.54) is 11.3 Å². The van der Waals surface area contributed by atoms with Gasteiger partial charge in [-0.3, -0.25) is 0 Å². The molecule has 0 aromatic heterocycles. The van der Waals surface area contributed by atoms with E-state index in [-0.39, 0.29) is 18.7 Å². The van der Waals surface area contributed by atoms with Gasteiger partial charge in [0.2, 0.25) is 0 Å². The molecule has 2 heterocycles. The maximum absolute atomic E-state index is 9.89. The van der Waals surface area contributed by atoms with E-state index in [0.717, 1.165) is 18.8 Å². The van der Waals surface area contributed by atoms with Crippen LogP contribution in [0.15, 0.2) is 67.3 Å². The van der Waals surface area contributed by atoms with Gasteiger partial charge in [-0.2, -0.15) is 0 Å². The van der Waals surface area contributed by atoms with Gasteiger partial charge >= 0.3 is 0 Å². The van der Waals surface area contributed by atoms with E-state index >= 15 is 0 Å². The fourth-order valence-corrected chi connectivity index (χ4v) is 4.44. The molecule has 4 heteroatoms. The molecule has 0 radical (unpaired) electrons. The highest BCUT2D eigenvalue weighted by Gasteiger charge is 2.48.